The predicted molar refractivity (Wildman–Crippen MR) is 260 cm³/mol. The highest BCUT2D eigenvalue weighted by molar-refractivity contribution is 4.92. The van der Waals surface area contributed by atoms with Crippen LogP contribution in [-0.2, 0) is 87.1 Å². The fourth-order valence-corrected chi connectivity index (χ4v) is 8.01. The molecular formula is C51H89N3O17. The highest BCUT2D eigenvalue weighted by Gasteiger charge is 2.36. The lowest BCUT2D eigenvalue weighted by Crippen LogP contribution is -2.37. The SMILES string of the molecule is C=CCCCCOCC(COCCCCC=C)n1cc(COC(COC(COCC2COC(C)(C)O2)COCC2COC(C)(C)O2)COC(COCC2COC(C)(C)O2)COCC2COC(C)(C)O2)nn1. The highest BCUT2D eigenvalue weighted by Crippen LogP contribution is 2.26. The van der Waals surface area contributed by atoms with Crippen LogP contribution in [0.4, 0.5) is 0 Å². The van der Waals surface area contributed by atoms with E-state index in [2.05, 4.69) is 23.5 Å². The van der Waals surface area contributed by atoms with Gasteiger partial charge in [0.25, 0.3) is 0 Å². The zero-order chi connectivity index (χ0) is 51.0. The molecule has 0 saturated carbocycles. The fraction of sp³-hybridized carbons (Fsp3) is 0.882. The van der Waals surface area contributed by atoms with E-state index in [1.165, 1.54) is 0 Å². The van der Waals surface area contributed by atoms with Crippen molar-refractivity contribution in [1.29, 1.82) is 0 Å². The van der Waals surface area contributed by atoms with Gasteiger partial charge in [-0.05, 0) is 93.9 Å². The van der Waals surface area contributed by atoms with Crippen LogP contribution < -0.4 is 0 Å². The van der Waals surface area contributed by atoms with Crippen molar-refractivity contribution in [2.24, 2.45) is 0 Å². The van der Waals surface area contributed by atoms with Gasteiger partial charge >= 0.3 is 0 Å². The minimum absolute atomic E-state index is 0.122. The average molecular weight is 1020 g/mol. The lowest BCUT2D eigenvalue weighted by atomic mass is 10.2. The molecular weight excluding hydrogens is 927 g/mol. The van der Waals surface area contributed by atoms with Crippen molar-refractivity contribution in [1.82, 2.24) is 15.0 Å². The molecule has 4 aliphatic heterocycles. The quantitative estimate of drug-likeness (QED) is 0.0559. The van der Waals surface area contributed by atoms with E-state index in [1.54, 1.807) is 4.68 Å². The van der Waals surface area contributed by atoms with Gasteiger partial charge in [-0.3, -0.25) is 0 Å². The molecule has 71 heavy (non-hydrogen) atoms. The maximum atomic E-state index is 6.57. The summed E-state index contributed by atoms with van der Waals surface area (Å²) < 4.78 is 105. The molecule has 0 aliphatic carbocycles. The monoisotopic (exact) mass is 1020 g/mol. The molecule has 5 heterocycles. The molecule has 0 amide bonds. The van der Waals surface area contributed by atoms with E-state index >= 15 is 0 Å². The first-order valence-electron chi connectivity index (χ1n) is 25.7. The van der Waals surface area contributed by atoms with Gasteiger partial charge in [0.15, 0.2) is 23.1 Å². The van der Waals surface area contributed by atoms with Crippen LogP contribution in [0.2, 0.25) is 0 Å². The van der Waals surface area contributed by atoms with E-state index < -0.39 is 41.5 Å². The number of allylic oxidation sites excluding steroid dienone is 2. The molecule has 0 radical (unpaired) electrons. The molecule has 0 bridgehead atoms. The first-order valence-corrected chi connectivity index (χ1v) is 25.7. The first kappa shape index (κ1) is 59.8. The Hall–Kier alpha value is -2.06. The van der Waals surface area contributed by atoms with E-state index in [0.29, 0.717) is 85.0 Å². The topological polar surface area (TPSA) is 188 Å². The third-order valence-electron chi connectivity index (χ3n) is 11.6. The van der Waals surface area contributed by atoms with E-state index in [0.717, 1.165) is 38.5 Å². The zero-order valence-electron chi connectivity index (χ0n) is 44.2. The van der Waals surface area contributed by atoms with Gasteiger partial charge < -0.3 is 80.5 Å². The summed E-state index contributed by atoms with van der Waals surface area (Å²) in [5.41, 5.74) is 0.621. The molecule has 20 heteroatoms. The lowest BCUT2D eigenvalue weighted by molar-refractivity contribution is -0.160. The molecule has 4 aliphatic rings. The second-order valence-electron chi connectivity index (χ2n) is 20.4. The number of unbranched alkanes of at least 4 members (excludes halogenated alkanes) is 4. The van der Waals surface area contributed by atoms with Crippen molar-refractivity contribution in [2.75, 3.05) is 119 Å². The number of nitrogens with zero attached hydrogens (tertiary/aromatic N) is 3. The van der Waals surface area contributed by atoms with Gasteiger partial charge in [0.1, 0.15) is 54.5 Å². The second-order valence-corrected chi connectivity index (χ2v) is 20.4. The molecule has 20 nitrogen and oxygen atoms in total. The molecule has 4 fully saturated rings. The summed E-state index contributed by atoms with van der Waals surface area (Å²) in [4.78, 5) is 0. The van der Waals surface area contributed by atoms with E-state index in [9.17, 15) is 0 Å². The summed E-state index contributed by atoms with van der Waals surface area (Å²) in [6.45, 7) is 29.1. The summed E-state index contributed by atoms with van der Waals surface area (Å²) in [7, 11) is 0. The number of ether oxygens (including phenoxy) is 17. The average Bonchev–Trinajstić information content (AvgIpc) is 4.16. The molecule has 4 atom stereocenters. The van der Waals surface area contributed by atoms with Gasteiger partial charge in [-0.1, -0.05) is 17.4 Å². The lowest BCUT2D eigenvalue weighted by Gasteiger charge is -2.26. The smallest absolute Gasteiger partial charge is 0.163 e. The van der Waals surface area contributed by atoms with Crippen LogP contribution >= 0.6 is 0 Å². The van der Waals surface area contributed by atoms with Crippen molar-refractivity contribution >= 4 is 0 Å². The van der Waals surface area contributed by atoms with Gasteiger partial charge in [0.05, 0.1) is 119 Å². The van der Waals surface area contributed by atoms with Crippen molar-refractivity contribution in [3.05, 3.63) is 37.2 Å². The van der Waals surface area contributed by atoms with Gasteiger partial charge in [-0.25, -0.2) is 4.68 Å². The highest BCUT2D eigenvalue weighted by atomic mass is 16.8. The zero-order valence-corrected chi connectivity index (χ0v) is 44.2. The maximum absolute atomic E-state index is 6.57. The Bertz CT molecular complexity index is 1460. The van der Waals surface area contributed by atoms with E-state index in [4.69, 9.17) is 80.5 Å². The van der Waals surface area contributed by atoms with E-state index in [-0.39, 0.29) is 76.7 Å². The Morgan fingerprint density at radius 1 is 0.521 bits per heavy atom. The van der Waals surface area contributed by atoms with Crippen molar-refractivity contribution in [3.63, 3.8) is 0 Å². The van der Waals surface area contributed by atoms with Crippen LogP contribution in [0.3, 0.4) is 0 Å². The Morgan fingerprint density at radius 2 is 0.887 bits per heavy atom. The molecule has 1 aromatic heterocycles. The van der Waals surface area contributed by atoms with Crippen LogP contribution in [0.25, 0.3) is 0 Å². The van der Waals surface area contributed by atoms with Crippen LogP contribution in [0.1, 0.15) is 106 Å². The number of aromatic nitrogens is 3. The summed E-state index contributed by atoms with van der Waals surface area (Å²) in [5.74, 6) is -2.67. The summed E-state index contributed by atoms with van der Waals surface area (Å²) in [6.07, 6.45) is 9.17. The van der Waals surface area contributed by atoms with Crippen molar-refractivity contribution < 1.29 is 80.5 Å². The molecule has 410 valence electrons. The summed E-state index contributed by atoms with van der Waals surface area (Å²) in [6, 6.07) is -0.182. The van der Waals surface area contributed by atoms with Crippen LogP contribution in [-0.4, -0.2) is 200 Å². The maximum Gasteiger partial charge on any atom is 0.163 e. The van der Waals surface area contributed by atoms with Gasteiger partial charge in [-0.15, -0.1) is 18.3 Å². The van der Waals surface area contributed by atoms with Gasteiger partial charge in [0, 0.05) is 13.2 Å². The van der Waals surface area contributed by atoms with Crippen molar-refractivity contribution in [2.45, 2.75) is 172 Å². The molecule has 4 saturated heterocycles. The summed E-state index contributed by atoms with van der Waals surface area (Å²) >= 11 is 0. The number of rotatable bonds is 40. The largest absolute Gasteiger partial charge is 0.379 e. The molecule has 1 aromatic rings. The fourth-order valence-electron chi connectivity index (χ4n) is 8.01. The Kier molecular flexibility index (Phi) is 26.2. The third kappa shape index (κ3) is 24.4. The summed E-state index contributed by atoms with van der Waals surface area (Å²) in [5, 5.41) is 8.99. The number of hydrogen-bond donors (Lipinski definition) is 0. The predicted octanol–water partition coefficient (Wildman–Crippen LogP) is 5.89. The van der Waals surface area contributed by atoms with Crippen molar-refractivity contribution in [3.8, 4) is 0 Å². The molecule has 4 unspecified atom stereocenters. The van der Waals surface area contributed by atoms with Gasteiger partial charge in [0.2, 0.25) is 0 Å². The third-order valence-corrected chi connectivity index (χ3v) is 11.6. The van der Waals surface area contributed by atoms with Crippen LogP contribution in [0.15, 0.2) is 31.5 Å². The molecule has 0 aromatic carbocycles. The van der Waals surface area contributed by atoms with E-state index in [1.807, 2.05) is 73.7 Å². The first-order chi connectivity index (χ1) is 34.0. The standard InChI is InChI=1S/C51H89N3O17/c1-11-13-15-17-19-55-23-40(24-56-20-18-16-14-12-2)54-21-39(52-53-54)22-61-43(33-62-41(25-57-29-44-35-64-48(3,4)68-44)26-58-30-45-36-65-49(5,6)69-45)34-63-42(27-59-31-46-37-66-50(7,8)70-46)28-60-32-47-38-67-51(9,10)71-47/h11-12,21,40-47H,1-2,13-20,22-38H2,3-10H3. The molecule has 5 rings (SSSR count). The Morgan fingerprint density at radius 3 is 1.23 bits per heavy atom. The Balaban J connectivity index is 1.25. The number of hydrogen-bond acceptors (Lipinski definition) is 19. The Labute approximate surface area is 423 Å². The molecule has 0 N–H and O–H groups in total. The van der Waals surface area contributed by atoms with Crippen LogP contribution in [0, 0.1) is 0 Å². The minimum Gasteiger partial charge on any atom is -0.379 e. The molecule has 0 spiro atoms. The normalized spacial score (nSPS) is 24.7. The minimum atomic E-state index is -0.669. The second kappa shape index (κ2) is 31.1. The van der Waals surface area contributed by atoms with Gasteiger partial charge in [-0.2, -0.15) is 0 Å². The van der Waals surface area contributed by atoms with Crippen LogP contribution in [0.5, 0.6) is 0 Å².